The van der Waals surface area contributed by atoms with E-state index in [4.69, 9.17) is 22.1 Å². The second-order valence-corrected chi connectivity index (χ2v) is 5.82. The molecule has 0 heterocycles. The van der Waals surface area contributed by atoms with Crippen molar-refractivity contribution in [3.63, 3.8) is 0 Å². The monoisotopic (exact) mass is 326 g/mol. The number of carbonyl (C=O) groups is 1. The molecule has 0 aliphatic heterocycles. The van der Waals surface area contributed by atoms with E-state index in [2.05, 4.69) is 13.8 Å². The van der Waals surface area contributed by atoms with Gasteiger partial charge in [-0.2, -0.15) is 0 Å². The van der Waals surface area contributed by atoms with Gasteiger partial charge in [-0.25, -0.2) is 0 Å². The van der Waals surface area contributed by atoms with Crippen molar-refractivity contribution in [3.05, 3.63) is 28.8 Å². The summed E-state index contributed by atoms with van der Waals surface area (Å²) in [5, 5.41) is 0.546. The van der Waals surface area contributed by atoms with Gasteiger partial charge in [0.1, 0.15) is 5.75 Å². The maximum absolute atomic E-state index is 12.5. The Balaban J connectivity index is 2.83. The summed E-state index contributed by atoms with van der Waals surface area (Å²) in [6, 6.07) is 5.59. The lowest BCUT2D eigenvalue weighted by atomic mass is 9.95. The maximum Gasteiger partial charge on any atom is 0.223 e. The van der Waals surface area contributed by atoms with Gasteiger partial charge in [-0.05, 0) is 37.1 Å². The van der Waals surface area contributed by atoms with Crippen LogP contribution in [0.25, 0.3) is 0 Å². The van der Waals surface area contributed by atoms with E-state index < -0.39 is 0 Å². The number of nitrogens with two attached hydrogens (primary N) is 1. The Morgan fingerprint density at radius 3 is 2.41 bits per heavy atom. The molecule has 1 rings (SSSR count). The van der Waals surface area contributed by atoms with Crippen molar-refractivity contribution in [2.75, 3.05) is 26.7 Å². The van der Waals surface area contributed by atoms with Crippen LogP contribution >= 0.6 is 11.6 Å². The number of hydrogen-bond acceptors (Lipinski definition) is 3. The van der Waals surface area contributed by atoms with Gasteiger partial charge in [-0.1, -0.05) is 31.5 Å². The first-order chi connectivity index (χ1) is 10.6. The topological polar surface area (TPSA) is 55.6 Å². The van der Waals surface area contributed by atoms with Crippen molar-refractivity contribution in [2.24, 2.45) is 5.73 Å². The lowest BCUT2D eigenvalue weighted by Crippen LogP contribution is -2.34. The van der Waals surface area contributed by atoms with Gasteiger partial charge >= 0.3 is 0 Å². The highest BCUT2D eigenvalue weighted by molar-refractivity contribution is 6.32. The van der Waals surface area contributed by atoms with Gasteiger partial charge in [-0.3, -0.25) is 4.79 Å². The highest BCUT2D eigenvalue weighted by Crippen LogP contribution is 2.29. The molecule has 1 amide bonds. The lowest BCUT2D eigenvalue weighted by Gasteiger charge is -2.24. The number of rotatable bonds is 9. The number of amides is 1. The summed E-state index contributed by atoms with van der Waals surface area (Å²) in [5.41, 5.74) is 6.86. The lowest BCUT2D eigenvalue weighted by molar-refractivity contribution is -0.131. The van der Waals surface area contributed by atoms with Gasteiger partial charge in [0.05, 0.1) is 12.1 Å². The fraction of sp³-hybridized carbons (Fsp3) is 0.588. The quantitative estimate of drug-likeness (QED) is 0.756. The third-order valence-corrected chi connectivity index (χ3v) is 3.99. The van der Waals surface area contributed by atoms with Crippen LogP contribution in [0.4, 0.5) is 0 Å². The summed E-state index contributed by atoms with van der Waals surface area (Å²) < 4.78 is 5.16. The van der Waals surface area contributed by atoms with Gasteiger partial charge in [0.2, 0.25) is 5.91 Å². The molecule has 1 unspecified atom stereocenters. The molecule has 0 saturated heterocycles. The normalized spacial score (nSPS) is 12.0. The van der Waals surface area contributed by atoms with Gasteiger partial charge in [-0.15, -0.1) is 0 Å². The van der Waals surface area contributed by atoms with Crippen molar-refractivity contribution >= 4 is 17.5 Å². The largest absolute Gasteiger partial charge is 0.495 e. The molecule has 0 bridgehead atoms. The number of ether oxygens (including phenoxy) is 1. The number of methoxy groups -OCH3 is 1. The number of benzene rings is 1. The molecule has 0 fully saturated rings. The van der Waals surface area contributed by atoms with Crippen LogP contribution in [-0.2, 0) is 4.79 Å². The maximum atomic E-state index is 12.5. The molecule has 0 aliphatic rings. The van der Waals surface area contributed by atoms with E-state index in [0.29, 0.717) is 23.7 Å². The molecule has 0 aliphatic carbocycles. The van der Waals surface area contributed by atoms with E-state index in [1.807, 2.05) is 23.1 Å². The predicted molar refractivity (Wildman–Crippen MR) is 91.6 cm³/mol. The number of nitrogens with zero attached hydrogens (tertiary/aromatic N) is 1. The van der Waals surface area contributed by atoms with Crippen LogP contribution in [0.5, 0.6) is 5.75 Å². The average Bonchev–Trinajstić information content (AvgIpc) is 2.52. The Bertz CT molecular complexity index is 474. The van der Waals surface area contributed by atoms with Crippen molar-refractivity contribution in [3.8, 4) is 5.75 Å². The van der Waals surface area contributed by atoms with E-state index in [9.17, 15) is 4.79 Å². The second kappa shape index (κ2) is 9.70. The molecule has 5 heteroatoms. The van der Waals surface area contributed by atoms with Gasteiger partial charge in [0.15, 0.2) is 0 Å². The van der Waals surface area contributed by atoms with Crippen LogP contribution in [0, 0.1) is 0 Å². The fourth-order valence-corrected chi connectivity index (χ4v) is 2.78. The Kier molecular flexibility index (Phi) is 8.28. The van der Waals surface area contributed by atoms with E-state index in [0.717, 1.165) is 31.5 Å². The summed E-state index contributed by atoms with van der Waals surface area (Å²) in [6.07, 6.45) is 2.35. The molecule has 0 saturated carbocycles. The first kappa shape index (κ1) is 18.8. The summed E-state index contributed by atoms with van der Waals surface area (Å²) >= 11 is 6.17. The fourth-order valence-electron chi connectivity index (χ4n) is 2.51. The molecule has 1 aromatic rings. The molecule has 0 radical (unpaired) electrons. The molecular weight excluding hydrogens is 300 g/mol. The van der Waals surface area contributed by atoms with Crippen LogP contribution in [0.2, 0.25) is 5.02 Å². The second-order valence-electron chi connectivity index (χ2n) is 5.41. The van der Waals surface area contributed by atoms with Crippen molar-refractivity contribution in [2.45, 2.75) is 39.0 Å². The Morgan fingerprint density at radius 1 is 1.32 bits per heavy atom. The molecular formula is C17H27ClN2O2. The minimum absolute atomic E-state index is 0.0212. The zero-order valence-electron chi connectivity index (χ0n) is 13.8. The van der Waals surface area contributed by atoms with Crippen LogP contribution in [0.3, 0.4) is 0 Å². The van der Waals surface area contributed by atoms with E-state index in [1.54, 1.807) is 7.11 Å². The highest BCUT2D eigenvalue weighted by Gasteiger charge is 2.19. The predicted octanol–water partition coefficient (Wildman–Crippen LogP) is 3.43. The molecule has 0 aromatic heterocycles. The minimum atomic E-state index is -0.0212. The molecule has 22 heavy (non-hydrogen) atoms. The van der Waals surface area contributed by atoms with Crippen LogP contribution < -0.4 is 10.5 Å². The average molecular weight is 327 g/mol. The molecule has 4 nitrogen and oxygen atoms in total. The van der Waals surface area contributed by atoms with Gasteiger partial charge in [0.25, 0.3) is 0 Å². The van der Waals surface area contributed by atoms with Crippen molar-refractivity contribution in [1.82, 2.24) is 4.90 Å². The Morgan fingerprint density at radius 2 is 1.95 bits per heavy atom. The summed E-state index contributed by atoms with van der Waals surface area (Å²) in [4.78, 5) is 14.4. The molecule has 124 valence electrons. The van der Waals surface area contributed by atoms with Crippen LogP contribution in [0.1, 0.15) is 44.6 Å². The molecule has 1 atom stereocenters. The first-order valence-electron chi connectivity index (χ1n) is 7.88. The van der Waals surface area contributed by atoms with Crippen molar-refractivity contribution < 1.29 is 9.53 Å². The Labute approximate surface area is 138 Å². The smallest absolute Gasteiger partial charge is 0.223 e. The van der Waals surface area contributed by atoms with Gasteiger partial charge in [0, 0.05) is 25.4 Å². The standard InChI is InChI=1S/C17H27ClN2O2/c1-4-8-20(9-5-2)17(21)11-14(12-19)13-6-7-16(22-3)15(18)10-13/h6-7,10,14H,4-5,8-9,11-12,19H2,1-3H3. The van der Waals surface area contributed by atoms with Gasteiger partial charge < -0.3 is 15.4 Å². The van der Waals surface area contributed by atoms with Crippen LogP contribution in [0.15, 0.2) is 18.2 Å². The highest BCUT2D eigenvalue weighted by atomic mass is 35.5. The number of carbonyl (C=O) groups excluding carboxylic acids is 1. The minimum Gasteiger partial charge on any atom is -0.495 e. The summed E-state index contributed by atoms with van der Waals surface area (Å²) in [5.74, 6) is 0.768. The zero-order valence-corrected chi connectivity index (χ0v) is 14.5. The molecule has 0 spiro atoms. The number of halogens is 1. The van der Waals surface area contributed by atoms with Crippen LogP contribution in [-0.4, -0.2) is 37.6 Å². The number of hydrogen-bond donors (Lipinski definition) is 1. The van der Waals surface area contributed by atoms with E-state index in [1.165, 1.54) is 0 Å². The SMILES string of the molecule is CCCN(CCC)C(=O)CC(CN)c1ccc(OC)c(Cl)c1. The zero-order chi connectivity index (χ0) is 16.5. The first-order valence-corrected chi connectivity index (χ1v) is 8.26. The summed E-state index contributed by atoms with van der Waals surface area (Å²) in [6.45, 7) is 6.18. The van der Waals surface area contributed by atoms with Crippen molar-refractivity contribution in [1.29, 1.82) is 0 Å². The molecule has 1 aromatic carbocycles. The molecule has 2 N–H and O–H groups in total. The van der Waals surface area contributed by atoms with E-state index >= 15 is 0 Å². The van der Waals surface area contributed by atoms with E-state index in [-0.39, 0.29) is 11.8 Å². The summed E-state index contributed by atoms with van der Waals surface area (Å²) in [7, 11) is 1.58. The third kappa shape index (κ3) is 5.18. The Hall–Kier alpha value is -1.26. The third-order valence-electron chi connectivity index (χ3n) is 3.69.